The fraction of sp³-hybridized carbons (Fsp3) is 0.300. The standard InChI is InChI=1S/C10H12O4/c1-7(11)5-14-10(12)8(2)9-3-4-13-6-9/h3-4,6-7,11H,2,5H2,1H3. The maximum Gasteiger partial charge on any atom is 0.338 e. The number of aliphatic hydroxyl groups excluding tert-OH is 1. The average molecular weight is 196 g/mol. The Hall–Kier alpha value is -1.55. The Morgan fingerprint density at radius 1 is 1.79 bits per heavy atom. The second kappa shape index (κ2) is 4.62. The topological polar surface area (TPSA) is 59.7 Å². The lowest BCUT2D eigenvalue weighted by atomic mass is 10.2. The Labute approximate surface area is 81.8 Å². The van der Waals surface area contributed by atoms with E-state index < -0.39 is 12.1 Å². The van der Waals surface area contributed by atoms with Gasteiger partial charge >= 0.3 is 5.97 Å². The molecule has 0 aliphatic carbocycles. The van der Waals surface area contributed by atoms with E-state index in [1.54, 1.807) is 6.07 Å². The maximum atomic E-state index is 11.3. The smallest absolute Gasteiger partial charge is 0.338 e. The van der Waals surface area contributed by atoms with Crippen LogP contribution in [0, 0.1) is 0 Å². The number of carbonyl (C=O) groups is 1. The predicted molar refractivity (Wildman–Crippen MR) is 50.4 cm³/mol. The zero-order valence-electron chi connectivity index (χ0n) is 7.90. The van der Waals surface area contributed by atoms with Crippen molar-refractivity contribution in [2.75, 3.05) is 6.61 Å². The predicted octanol–water partition coefficient (Wildman–Crippen LogP) is 1.22. The summed E-state index contributed by atoms with van der Waals surface area (Å²) in [6.45, 7) is 5.06. The van der Waals surface area contributed by atoms with E-state index in [1.165, 1.54) is 19.5 Å². The normalized spacial score (nSPS) is 12.1. The summed E-state index contributed by atoms with van der Waals surface area (Å²) in [5.41, 5.74) is 0.806. The van der Waals surface area contributed by atoms with Gasteiger partial charge in [-0.05, 0) is 13.0 Å². The van der Waals surface area contributed by atoms with Crippen molar-refractivity contribution >= 4 is 11.5 Å². The molecule has 0 spiro atoms. The van der Waals surface area contributed by atoms with Crippen LogP contribution in [0.2, 0.25) is 0 Å². The Morgan fingerprint density at radius 3 is 3.00 bits per heavy atom. The molecule has 1 aromatic heterocycles. The molecule has 0 fully saturated rings. The highest BCUT2D eigenvalue weighted by Crippen LogP contribution is 2.13. The minimum atomic E-state index is -0.670. The fourth-order valence-corrected chi connectivity index (χ4v) is 0.837. The van der Waals surface area contributed by atoms with Crippen LogP contribution in [-0.4, -0.2) is 23.8 Å². The van der Waals surface area contributed by atoms with Gasteiger partial charge in [0.1, 0.15) is 6.61 Å². The van der Waals surface area contributed by atoms with E-state index >= 15 is 0 Å². The first-order valence-corrected chi connectivity index (χ1v) is 4.18. The fourth-order valence-electron chi connectivity index (χ4n) is 0.837. The van der Waals surface area contributed by atoms with Gasteiger partial charge < -0.3 is 14.3 Å². The molecule has 1 heterocycles. The number of hydrogen-bond donors (Lipinski definition) is 1. The number of aliphatic hydroxyl groups is 1. The summed E-state index contributed by atoms with van der Waals surface area (Å²) < 4.78 is 9.55. The van der Waals surface area contributed by atoms with Crippen LogP contribution in [0.4, 0.5) is 0 Å². The second-order valence-electron chi connectivity index (χ2n) is 2.94. The zero-order chi connectivity index (χ0) is 10.6. The Balaban J connectivity index is 2.50. The van der Waals surface area contributed by atoms with E-state index in [1.807, 2.05) is 0 Å². The summed E-state index contributed by atoms with van der Waals surface area (Å²) in [6.07, 6.45) is 2.19. The van der Waals surface area contributed by atoms with Crippen LogP contribution >= 0.6 is 0 Å². The van der Waals surface area contributed by atoms with Gasteiger partial charge in [0.05, 0.1) is 24.2 Å². The van der Waals surface area contributed by atoms with E-state index in [2.05, 4.69) is 6.58 Å². The molecule has 0 aliphatic rings. The highest BCUT2D eigenvalue weighted by molar-refractivity contribution is 6.15. The zero-order valence-corrected chi connectivity index (χ0v) is 7.90. The van der Waals surface area contributed by atoms with Crippen molar-refractivity contribution in [3.63, 3.8) is 0 Å². The third kappa shape index (κ3) is 2.74. The third-order valence-electron chi connectivity index (χ3n) is 1.57. The van der Waals surface area contributed by atoms with Crippen LogP contribution in [0.3, 0.4) is 0 Å². The molecule has 1 aromatic rings. The van der Waals surface area contributed by atoms with Gasteiger partial charge in [-0.1, -0.05) is 6.58 Å². The molecule has 0 amide bonds. The van der Waals surface area contributed by atoms with Gasteiger partial charge in [-0.15, -0.1) is 0 Å². The molecule has 76 valence electrons. The minimum Gasteiger partial charge on any atom is -0.472 e. The number of ether oxygens (including phenoxy) is 1. The van der Waals surface area contributed by atoms with Crippen LogP contribution in [0.5, 0.6) is 0 Å². The summed E-state index contributed by atoms with van der Waals surface area (Å²) in [6, 6.07) is 1.62. The van der Waals surface area contributed by atoms with Crippen LogP contribution in [0.15, 0.2) is 29.6 Å². The van der Waals surface area contributed by atoms with Gasteiger partial charge in [-0.2, -0.15) is 0 Å². The van der Waals surface area contributed by atoms with Crippen molar-refractivity contribution in [3.8, 4) is 0 Å². The number of hydrogen-bond acceptors (Lipinski definition) is 4. The highest BCUT2D eigenvalue weighted by atomic mass is 16.5. The number of esters is 1. The monoisotopic (exact) mass is 196 g/mol. The van der Waals surface area contributed by atoms with Crippen molar-refractivity contribution in [2.24, 2.45) is 0 Å². The molecule has 0 aliphatic heterocycles. The molecule has 4 nitrogen and oxygen atoms in total. The Morgan fingerprint density at radius 2 is 2.50 bits per heavy atom. The molecule has 14 heavy (non-hydrogen) atoms. The van der Waals surface area contributed by atoms with Crippen molar-refractivity contribution in [2.45, 2.75) is 13.0 Å². The van der Waals surface area contributed by atoms with Crippen LogP contribution in [0.1, 0.15) is 12.5 Å². The van der Waals surface area contributed by atoms with Crippen LogP contribution in [0.25, 0.3) is 5.57 Å². The lowest BCUT2D eigenvalue weighted by molar-refractivity contribution is -0.139. The summed E-state index contributed by atoms with van der Waals surface area (Å²) in [5, 5.41) is 8.89. The quantitative estimate of drug-likeness (QED) is 0.581. The third-order valence-corrected chi connectivity index (χ3v) is 1.57. The van der Waals surface area contributed by atoms with Gasteiger partial charge in [0.25, 0.3) is 0 Å². The highest BCUT2D eigenvalue weighted by Gasteiger charge is 2.12. The van der Waals surface area contributed by atoms with E-state index in [0.29, 0.717) is 5.56 Å². The SMILES string of the molecule is C=C(C(=O)OCC(C)O)c1ccoc1. The van der Waals surface area contributed by atoms with Gasteiger partial charge in [0, 0.05) is 5.56 Å². The summed E-state index contributed by atoms with van der Waals surface area (Å²) in [5.74, 6) is -0.549. The molecule has 1 N–H and O–H groups in total. The van der Waals surface area contributed by atoms with E-state index in [0.717, 1.165) is 0 Å². The first-order chi connectivity index (χ1) is 6.61. The Kier molecular flexibility index (Phi) is 3.48. The van der Waals surface area contributed by atoms with Gasteiger partial charge in [0.15, 0.2) is 0 Å². The van der Waals surface area contributed by atoms with Crippen molar-refractivity contribution in [3.05, 3.63) is 30.7 Å². The molecule has 0 saturated heterocycles. The first kappa shape index (κ1) is 10.5. The molecule has 4 heteroatoms. The van der Waals surface area contributed by atoms with Gasteiger partial charge in [-0.3, -0.25) is 0 Å². The maximum absolute atomic E-state index is 11.3. The molecule has 0 bridgehead atoms. The Bertz CT molecular complexity index is 311. The molecule has 1 unspecified atom stereocenters. The molecule has 0 radical (unpaired) electrons. The van der Waals surface area contributed by atoms with Gasteiger partial charge in [0.2, 0.25) is 0 Å². The summed E-state index contributed by atoms with van der Waals surface area (Å²) in [4.78, 5) is 11.3. The van der Waals surface area contributed by atoms with E-state index in [-0.39, 0.29) is 12.2 Å². The largest absolute Gasteiger partial charge is 0.472 e. The number of furan rings is 1. The molecular formula is C10H12O4. The van der Waals surface area contributed by atoms with Crippen molar-refractivity contribution in [1.82, 2.24) is 0 Å². The molecule has 0 aromatic carbocycles. The number of carbonyl (C=O) groups excluding carboxylic acids is 1. The molecule has 1 atom stereocenters. The molecular weight excluding hydrogens is 184 g/mol. The van der Waals surface area contributed by atoms with Crippen molar-refractivity contribution in [1.29, 1.82) is 0 Å². The van der Waals surface area contributed by atoms with Crippen LogP contribution < -0.4 is 0 Å². The first-order valence-electron chi connectivity index (χ1n) is 4.18. The average Bonchev–Trinajstić information content (AvgIpc) is 2.65. The van der Waals surface area contributed by atoms with Crippen LogP contribution in [-0.2, 0) is 9.53 Å². The summed E-state index contributed by atoms with van der Waals surface area (Å²) >= 11 is 0. The second-order valence-corrected chi connectivity index (χ2v) is 2.94. The van der Waals surface area contributed by atoms with E-state index in [9.17, 15) is 4.79 Å². The van der Waals surface area contributed by atoms with Gasteiger partial charge in [-0.25, -0.2) is 4.79 Å². The lowest BCUT2D eigenvalue weighted by Gasteiger charge is -2.06. The molecule has 1 rings (SSSR count). The van der Waals surface area contributed by atoms with Crippen molar-refractivity contribution < 1.29 is 19.1 Å². The lowest BCUT2D eigenvalue weighted by Crippen LogP contribution is -2.15. The van der Waals surface area contributed by atoms with E-state index in [4.69, 9.17) is 14.3 Å². The number of rotatable bonds is 4. The summed E-state index contributed by atoms with van der Waals surface area (Å²) in [7, 11) is 0. The molecule has 0 saturated carbocycles. The minimum absolute atomic E-state index is 0.0320.